The van der Waals surface area contributed by atoms with Crippen LogP contribution in [-0.2, 0) is 7.05 Å². The van der Waals surface area contributed by atoms with Gasteiger partial charge >= 0.3 is 0 Å². The predicted octanol–water partition coefficient (Wildman–Crippen LogP) is 2.05. The first-order valence-electron chi connectivity index (χ1n) is 5.47. The minimum absolute atomic E-state index is 0.0981. The molecule has 0 radical (unpaired) electrons. The Bertz CT molecular complexity index is 532. The first-order chi connectivity index (χ1) is 8.22. The van der Waals surface area contributed by atoms with Crippen LogP contribution in [0.4, 0.5) is 0 Å². The molecule has 4 heteroatoms. The maximum Gasteiger partial charge on any atom is 0.228 e. The topological polar surface area (TPSA) is 44.1 Å². The fourth-order valence-electron chi connectivity index (χ4n) is 1.61. The summed E-state index contributed by atoms with van der Waals surface area (Å²) in [6.07, 6.45) is 3.36. The van der Waals surface area contributed by atoms with Crippen molar-refractivity contribution in [2.24, 2.45) is 7.05 Å². The molecule has 0 aliphatic heterocycles. The van der Waals surface area contributed by atoms with Crippen LogP contribution in [0, 0.1) is 0 Å². The number of imidazole rings is 1. The zero-order chi connectivity index (χ0) is 12.3. The molecule has 2 aromatic rings. The Morgan fingerprint density at radius 1 is 1.47 bits per heavy atom. The number of ketones is 1. The van der Waals surface area contributed by atoms with Crippen molar-refractivity contribution in [3.63, 3.8) is 0 Å². The van der Waals surface area contributed by atoms with Gasteiger partial charge in [-0.15, -0.1) is 0 Å². The Morgan fingerprint density at radius 3 is 2.94 bits per heavy atom. The highest BCUT2D eigenvalue weighted by molar-refractivity contribution is 6.06. The van der Waals surface area contributed by atoms with Crippen molar-refractivity contribution in [2.45, 2.75) is 6.92 Å². The molecule has 1 heterocycles. The van der Waals surface area contributed by atoms with Crippen molar-refractivity contribution in [3.8, 4) is 5.75 Å². The lowest BCUT2D eigenvalue weighted by Crippen LogP contribution is -2.08. The summed E-state index contributed by atoms with van der Waals surface area (Å²) in [4.78, 5) is 16.2. The van der Waals surface area contributed by atoms with Crippen LogP contribution in [0.3, 0.4) is 0 Å². The van der Waals surface area contributed by atoms with E-state index in [9.17, 15) is 4.79 Å². The minimum atomic E-state index is -0.0981. The van der Waals surface area contributed by atoms with Gasteiger partial charge in [0.2, 0.25) is 5.78 Å². The first kappa shape index (κ1) is 11.4. The third-order valence-electron chi connectivity index (χ3n) is 2.43. The molecule has 88 valence electrons. The molecular formula is C13H14N2O2. The average Bonchev–Trinajstić information content (AvgIpc) is 2.75. The van der Waals surface area contributed by atoms with Crippen molar-refractivity contribution >= 4 is 5.78 Å². The van der Waals surface area contributed by atoms with Crippen molar-refractivity contribution < 1.29 is 9.53 Å². The molecule has 0 spiro atoms. The number of aromatic nitrogens is 2. The Hall–Kier alpha value is -2.10. The predicted molar refractivity (Wildman–Crippen MR) is 64.3 cm³/mol. The molecule has 0 aliphatic carbocycles. The van der Waals surface area contributed by atoms with Gasteiger partial charge < -0.3 is 9.30 Å². The lowest BCUT2D eigenvalue weighted by atomic mass is 10.1. The van der Waals surface area contributed by atoms with Crippen LogP contribution in [-0.4, -0.2) is 21.9 Å². The number of nitrogens with zero attached hydrogens (tertiary/aromatic N) is 2. The van der Waals surface area contributed by atoms with Crippen LogP contribution in [0.2, 0.25) is 0 Å². The van der Waals surface area contributed by atoms with E-state index in [4.69, 9.17) is 4.74 Å². The Balaban J connectivity index is 2.31. The van der Waals surface area contributed by atoms with Gasteiger partial charge in [0.05, 0.1) is 6.61 Å². The number of aryl methyl sites for hydroxylation is 1. The largest absolute Gasteiger partial charge is 0.494 e. The van der Waals surface area contributed by atoms with E-state index in [1.165, 1.54) is 0 Å². The molecule has 0 atom stereocenters. The lowest BCUT2D eigenvalue weighted by Gasteiger charge is -2.05. The van der Waals surface area contributed by atoms with Crippen molar-refractivity contribution in [1.82, 2.24) is 9.55 Å². The molecule has 0 saturated heterocycles. The summed E-state index contributed by atoms with van der Waals surface area (Å²) in [7, 11) is 1.80. The smallest absolute Gasteiger partial charge is 0.228 e. The zero-order valence-electron chi connectivity index (χ0n) is 9.88. The third-order valence-corrected chi connectivity index (χ3v) is 2.43. The van der Waals surface area contributed by atoms with E-state index in [0.717, 1.165) is 0 Å². The molecule has 0 fully saturated rings. The fourth-order valence-corrected chi connectivity index (χ4v) is 1.61. The highest BCUT2D eigenvalue weighted by Crippen LogP contribution is 2.15. The van der Waals surface area contributed by atoms with Gasteiger partial charge in [0.15, 0.2) is 5.82 Å². The van der Waals surface area contributed by atoms with Crippen LogP contribution in [0.5, 0.6) is 5.75 Å². The molecule has 4 nitrogen and oxygen atoms in total. The maximum atomic E-state index is 12.1. The summed E-state index contributed by atoms with van der Waals surface area (Å²) < 4.78 is 7.07. The summed E-state index contributed by atoms with van der Waals surface area (Å²) in [5.41, 5.74) is 0.588. The number of rotatable bonds is 4. The van der Waals surface area contributed by atoms with E-state index in [0.29, 0.717) is 23.7 Å². The molecule has 0 amide bonds. The monoisotopic (exact) mass is 230 g/mol. The Kier molecular flexibility index (Phi) is 3.23. The van der Waals surface area contributed by atoms with E-state index in [1.807, 2.05) is 13.0 Å². The number of carbonyl (C=O) groups is 1. The van der Waals surface area contributed by atoms with Crippen molar-refractivity contribution in [2.75, 3.05) is 6.61 Å². The fraction of sp³-hybridized carbons (Fsp3) is 0.231. The summed E-state index contributed by atoms with van der Waals surface area (Å²) in [6, 6.07) is 7.14. The number of ether oxygens (including phenoxy) is 1. The number of benzene rings is 1. The maximum absolute atomic E-state index is 12.1. The van der Waals surface area contributed by atoms with Gasteiger partial charge in [0.25, 0.3) is 0 Å². The van der Waals surface area contributed by atoms with E-state index in [1.54, 1.807) is 42.2 Å². The summed E-state index contributed by atoms with van der Waals surface area (Å²) in [5, 5.41) is 0. The average molecular weight is 230 g/mol. The van der Waals surface area contributed by atoms with Gasteiger partial charge in [-0.2, -0.15) is 0 Å². The Labute approximate surface area is 99.9 Å². The second kappa shape index (κ2) is 4.82. The van der Waals surface area contributed by atoms with Gasteiger partial charge in [0, 0.05) is 25.0 Å². The second-order valence-electron chi connectivity index (χ2n) is 3.65. The SMILES string of the molecule is CCOc1cccc(C(=O)c2nccn2C)c1. The van der Waals surface area contributed by atoms with Crippen molar-refractivity contribution in [3.05, 3.63) is 48.0 Å². The third kappa shape index (κ3) is 2.36. The van der Waals surface area contributed by atoms with Gasteiger partial charge in [-0.1, -0.05) is 12.1 Å². The minimum Gasteiger partial charge on any atom is -0.494 e. The van der Waals surface area contributed by atoms with E-state index in [2.05, 4.69) is 4.98 Å². The van der Waals surface area contributed by atoms with Crippen molar-refractivity contribution in [1.29, 1.82) is 0 Å². The lowest BCUT2D eigenvalue weighted by molar-refractivity contribution is 0.102. The standard InChI is InChI=1S/C13H14N2O2/c1-3-17-11-6-4-5-10(9-11)12(16)13-14-7-8-15(13)2/h4-9H,3H2,1-2H3. The number of hydrogen-bond acceptors (Lipinski definition) is 3. The molecule has 0 saturated carbocycles. The highest BCUT2D eigenvalue weighted by Gasteiger charge is 2.13. The summed E-state index contributed by atoms with van der Waals surface area (Å²) >= 11 is 0. The zero-order valence-corrected chi connectivity index (χ0v) is 9.88. The normalized spacial score (nSPS) is 10.2. The molecule has 2 rings (SSSR count). The second-order valence-corrected chi connectivity index (χ2v) is 3.65. The molecule has 0 unspecified atom stereocenters. The number of carbonyl (C=O) groups excluding carboxylic acids is 1. The molecule has 0 aliphatic rings. The van der Waals surface area contributed by atoms with Crippen LogP contribution in [0.25, 0.3) is 0 Å². The van der Waals surface area contributed by atoms with E-state index in [-0.39, 0.29) is 5.78 Å². The van der Waals surface area contributed by atoms with Crippen LogP contribution < -0.4 is 4.74 Å². The molecule has 0 N–H and O–H groups in total. The highest BCUT2D eigenvalue weighted by atomic mass is 16.5. The number of hydrogen-bond donors (Lipinski definition) is 0. The van der Waals surface area contributed by atoms with Gasteiger partial charge in [0.1, 0.15) is 5.75 Å². The Morgan fingerprint density at radius 2 is 2.29 bits per heavy atom. The summed E-state index contributed by atoms with van der Waals surface area (Å²) in [5.74, 6) is 1.03. The van der Waals surface area contributed by atoms with Crippen LogP contribution >= 0.6 is 0 Å². The van der Waals surface area contributed by atoms with Crippen LogP contribution in [0.15, 0.2) is 36.7 Å². The first-order valence-corrected chi connectivity index (χ1v) is 5.47. The van der Waals surface area contributed by atoms with Gasteiger partial charge in [-0.25, -0.2) is 4.98 Å². The molecule has 1 aromatic carbocycles. The molecule has 0 bridgehead atoms. The summed E-state index contributed by atoms with van der Waals surface area (Å²) in [6.45, 7) is 2.49. The van der Waals surface area contributed by atoms with E-state index >= 15 is 0 Å². The quantitative estimate of drug-likeness (QED) is 0.755. The van der Waals surface area contributed by atoms with Gasteiger partial charge in [-0.3, -0.25) is 4.79 Å². The van der Waals surface area contributed by atoms with E-state index < -0.39 is 0 Å². The molecule has 17 heavy (non-hydrogen) atoms. The molecular weight excluding hydrogens is 216 g/mol. The van der Waals surface area contributed by atoms with Gasteiger partial charge in [-0.05, 0) is 19.1 Å². The molecule has 1 aromatic heterocycles. The van der Waals surface area contributed by atoms with Crippen LogP contribution in [0.1, 0.15) is 23.1 Å².